The van der Waals surface area contributed by atoms with E-state index in [-0.39, 0.29) is 0 Å². The van der Waals surface area contributed by atoms with Crippen LogP contribution in [0, 0.1) is 13.8 Å². The van der Waals surface area contributed by atoms with E-state index in [0.717, 1.165) is 16.9 Å². The number of aromatic nitrogens is 1. The number of aryl methyl sites for hydroxylation is 2. The van der Waals surface area contributed by atoms with Gasteiger partial charge in [-0.25, -0.2) is 4.98 Å². The third-order valence-corrected chi connectivity index (χ3v) is 1.70. The molecule has 0 fully saturated rings. The van der Waals surface area contributed by atoms with Gasteiger partial charge in [0.2, 0.25) is 0 Å². The predicted octanol–water partition coefficient (Wildman–Crippen LogP) is 1.85. The van der Waals surface area contributed by atoms with Gasteiger partial charge in [-0.3, -0.25) is 4.84 Å². The van der Waals surface area contributed by atoms with Crippen LogP contribution in [0.25, 0.3) is 0 Å². The van der Waals surface area contributed by atoms with Crippen molar-refractivity contribution in [2.75, 3.05) is 10.6 Å². The van der Waals surface area contributed by atoms with Gasteiger partial charge in [-0.1, -0.05) is 0 Å². The molecule has 11 heavy (non-hydrogen) atoms. The summed E-state index contributed by atoms with van der Waals surface area (Å²) < 4.78 is 0. The first-order valence-corrected chi connectivity index (χ1v) is 3.63. The normalized spacial score (nSPS) is 9.73. The number of rotatable bonds is 1. The summed E-state index contributed by atoms with van der Waals surface area (Å²) in [4.78, 5) is 6.58. The van der Waals surface area contributed by atoms with Gasteiger partial charge in [-0.15, -0.1) is 0 Å². The second kappa shape index (κ2) is 2.96. The highest BCUT2D eigenvalue weighted by atomic mass is 35.5. The third-order valence-electron chi connectivity index (χ3n) is 1.51. The molecule has 0 atom stereocenters. The number of nitrogens with two attached hydrogens (primary N) is 1. The highest BCUT2D eigenvalue weighted by molar-refractivity contribution is 6.24. The maximum Gasteiger partial charge on any atom is 0.124 e. The predicted molar refractivity (Wildman–Crippen MR) is 47.6 cm³/mol. The van der Waals surface area contributed by atoms with Crippen LogP contribution in [0.4, 0.5) is 11.5 Å². The van der Waals surface area contributed by atoms with Gasteiger partial charge in [0, 0.05) is 11.8 Å². The van der Waals surface area contributed by atoms with Gasteiger partial charge < -0.3 is 5.73 Å². The van der Waals surface area contributed by atoms with Crippen LogP contribution in [0.15, 0.2) is 6.07 Å². The van der Waals surface area contributed by atoms with E-state index in [1.165, 1.54) is 0 Å². The molecule has 0 aromatic carbocycles. The fourth-order valence-corrected chi connectivity index (χ4v) is 1.29. The molecule has 0 amide bonds. The average Bonchev–Trinajstić information content (AvgIpc) is 1.85. The molecule has 1 aromatic heterocycles. The van der Waals surface area contributed by atoms with Crippen LogP contribution < -0.4 is 10.6 Å². The minimum Gasteiger partial charge on any atom is -0.384 e. The zero-order chi connectivity index (χ0) is 8.43. The summed E-state index contributed by atoms with van der Waals surface area (Å²) in [6.07, 6.45) is 0. The number of nitrogens with one attached hydrogen (secondary N) is 1. The van der Waals surface area contributed by atoms with Crippen LogP contribution in [-0.2, 0) is 0 Å². The Morgan fingerprint density at radius 1 is 1.55 bits per heavy atom. The van der Waals surface area contributed by atoms with Crippen molar-refractivity contribution < 1.29 is 0 Å². The summed E-state index contributed by atoms with van der Waals surface area (Å²) in [7, 11) is 0. The van der Waals surface area contributed by atoms with Crippen molar-refractivity contribution in [3.63, 3.8) is 0 Å². The summed E-state index contributed by atoms with van der Waals surface area (Å²) in [5, 5.41) is 0. The molecule has 0 bridgehead atoms. The molecule has 0 saturated heterocycles. The van der Waals surface area contributed by atoms with Gasteiger partial charge in [0.1, 0.15) is 5.82 Å². The number of anilines is 2. The fraction of sp³-hybridized carbons (Fsp3) is 0.286. The zero-order valence-corrected chi connectivity index (χ0v) is 7.24. The van der Waals surface area contributed by atoms with E-state index < -0.39 is 0 Å². The topological polar surface area (TPSA) is 50.9 Å². The van der Waals surface area contributed by atoms with Crippen molar-refractivity contribution in [2.45, 2.75) is 13.8 Å². The Labute approximate surface area is 70.7 Å². The van der Waals surface area contributed by atoms with Crippen LogP contribution in [-0.4, -0.2) is 4.98 Å². The molecule has 0 spiro atoms. The van der Waals surface area contributed by atoms with Gasteiger partial charge in [0.05, 0.1) is 11.4 Å². The Hall–Kier alpha value is -0.960. The van der Waals surface area contributed by atoms with E-state index >= 15 is 0 Å². The lowest BCUT2D eigenvalue weighted by molar-refractivity contribution is 1.19. The molecule has 0 unspecified atom stereocenters. The Balaban J connectivity index is 3.25. The Morgan fingerprint density at radius 2 is 2.18 bits per heavy atom. The van der Waals surface area contributed by atoms with E-state index in [4.69, 9.17) is 17.5 Å². The highest BCUT2D eigenvalue weighted by Crippen LogP contribution is 2.20. The first kappa shape index (κ1) is 8.14. The maximum absolute atomic E-state index is 5.50. The average molecular weight is 172 g/mol. The quantitative estimate of drug-likeness (QED) is 0.634. The highest BCUT2D eigenvalue weighted by Gasteiger charge is 2.02. The number of hydrogen-bond donors (Lipinski definition) is 2. The van der Waals surface area contributed by atoms with E-state index in [1.54, 1.807) is 6.07 Å². The SMILES string of the molecule is Cc1cc(N)nc(C)c1NCl. The van der Waals surface area contributed by atoms with Crippen molar-refractivity contribution in [1.82, 2.24) is 4.98 Å². The Morgan fingerprint density at radius 3 is 2.64 bits per heavy atom. The monoisotopic (exact) mass is 171 g/mol. The smallest absolute Gasteiger partial charge is 0.124 e. The van der Waals surface area contributed by atoms with Crippen molar-refractivity contribution in [1.29, 1.82) is 0 Å². The van der Waals surface area contributed by atoms with Crippen molar-refractivity contribution in [2.24, 2.45) is 0 Å². The molecule has 0 aliphatic heterocycles. The lowest BCUT2D eigenvalue weighted by Crippen LogP contribution is -1.98. The van der Waals surface area contributed by atoms with Crippen LogP contribution >= 0.6 is 11.8 Å². The third kappa shape index (κ3) is 1.54. The number of hydrogen-bond acceptors (Lipinski definition) is 3. The van der Waals surface area contributed by atoms with Gasteiger partial charge in [-0.2, -0.15) is 0 Å². The van der Waals surface area contributed by atoms with E-state index in [9.17, 15) is 0 Å². The zero-order valence-electron chi connectivity index (χ0n) is 6.48. The molecule has 60 valence electrons. The lowest BCUT2D eigenvalue weighted by atomic mass is 10.2. The summed E-state index contributed by atoms with van der Waals surface area (Å²) in [6.45, 7) is 3.78. The summed E-state index contributed by atoms with van der Waals surface area (Å²) in [5.74, 6) is 0.524. The molecule has 0 aliphatic rings. The molecule has 3 N–H and O–H groups in total. The van der Waals surface area contributed by atoms with Crippen molar-refractivity contribution in [3.8, 4) is 0 Å². The standard InChI is InChI=1S/C7H10ClN3/c1-4-3-6(9)10-5(2)7(4)11-8/h3,11H,1-2H3,(H2,9,10). The molecular weight excluding hydrogens is 162 g/mol. The molecule has 3 nitrogen and oxygen atoms in total. The lowest BCUT2D eigenvalue weighted by Gasteiger charge is -2.06. The van der Waals surface area contributed by atoms with E-state index in [1.807, 2.05) is 13.8 Å². The second-order valence-electron chi connectivity index (χ2n) is 2.42. The minimum atomic E-state index is 0.524. The fourth-order valence-electron chi connectivity index (χ4n) is 1.00. The molecule has 1 aromatic rings. The summed E-state index contributed by atoms with van der Waals surface area (Å²) >= 11 is 5.46. The van der Waals surface area contributed by atoms with Crippen LogP contribution in [0.1, 0.15) is 11.3 Å². The molecule has 4 heteroatoms. The molecule has 0 radical (unpaired) electrons. The van der Waals surface area contributed by atoms with Gasteiger partial charge in [0.25, 0.3) is 0 Å². The Bertz CT molecular complexity index is 249. The molecule has 0 aliphatic carbocycles. The van der Waals surface area contributed by atoms with E-state index in [0.29, 0.717) is 5.82 Å². The molecule has 1 heterocycles. The van der Waals surface area contributed by atoms with Crippen LogP contribution in [0.3, 0.4) is 0 Å². The van der Waals surface area contributed by atoms with Crippen molar-refractivity contribution >= 4 is 23.3 Å². The molecule has 1 rings (SSSR count). The first-order chi connectivity index (χ1) is 5.15. The largest absolute Gasteiger partial charge is 0.384 e. The van der Waals surface area contributed by atoms with Gasteiger partial charge in [-0.05, 0) is 25.5 Å². The number of nitrogens with zero attached hydrogens (tertiary/aromatic N) is 1. The second-order valence-corrected chi connectivity index (χ2v) is 2.61. The minimum absolute atomic E-state index is 0.524. The van der Waals surface area contributed by atoms with Gasteiger partial charge in [0.15, 0.2) is 0 Å². The van der Waals surface area contributed by atoms with Crippen LogP contribution in [0.2, 0.25) is 0 Å². The molecular formula is C7H10ClN3. The van der Waals surface area contributed by atoms with Crippen LogP contribution in [0.5, 0.6) is 0 Å². The molecule has 0 saturated carbocycles. The summed E-state index contributed by atoms with van der Waals surface area (Å²) in [5.41, 5.74) is 8.16. The summed E-state index contributed by atoms with van der Waals surface area (Å²) in [6, 6.07) is 1.78. The van der Waals surface area contributed by atoms with E-state index in [2.05, 4.69) is 9.82 Å². The number of pyridine rings is 1. The Kier molecular flexibility index (Phi) is 2.19. The van der Waals surface area contributed by atoms with Gasteiger partial charge >= 0.3 is 0 Å². The maximum atomic E-state index is 5.50. The first-order valence-electron chi connectivity index (χ1n) is 3.25. The number of nitrogen functional groups attached to an aromatic ring is 1. The van der Waals surface area contributed by atoms with Crippen molar-refractivity contribution in [3.05, 3.63) is 17.3 Å². The number of halogens is 1.